The predicted octanol–water partition coefficient (Wildman–Crippen LogP) is 1.18. The maximum atomic E-state index is 10.6. The molecule has 1 aromatic heterocycles. The predicted molar refractivity (Wildman–Crippen MR) is 57.9 cm³/mol. The van der Waals surface area contributed by atoms with Gasteiger partial charge in [-0.25, -0.2) is 4.98 Å². The summed E-state index contributed by atoms with van der Waals surface area (Å²) >= 11 is 0. The first kappa shape index (κ1) is 10.4. The number of likely N-dealkylation sites (tertiary alicyclic amines) is 1. The molecule has 0 unspecified atom stereocenters. The first-order valence-electron chi connectivity index (χ1n) is 5.59. The van der Waals surface area contributed by atoms with Crippen LogP contribution in [-0.2, 0) is 6.54 Å². The highest BCUT2D eigenvalue weighted by atomic mass is 16.1. The molecule has 0 amide bonds. The van der Waals surface area contributed by atoms with Crippen LogP contribution in [0.25, 0.3) is 0 Å². The lowest BCUT2D eigenvalue weighted by atomic mass is 10.1. The van der Waals surface area contributed by atoms with Crippen LogP contribution in [0.2, 0.25) is 0 Å². The summed E-state index contributed by atoms with van der Waals surface area (Å²) in [4.78, 5) is 17.1. The van der Waals surface area contributed by atoms with Crippen molar-refractivity contribution in [2.45, 2.75) is 25.8 Å². The summed E-state index contributed by atoms with van der Waals surface area (Å²) < 4.78 is 1.92. The van der Waals surface area contributed by atoms with Gasteiger partial charge in [-0.1, -0.05) is 6.42 Å². The Bertz CT molecular complexity index is 315. The number of hydrogen-bond acceptors (Lipinski definition) is 3. The van der Waals surface area contributed by atoms with Crippen LogP contribution in [0.5, 0.6) is 0 Å². The van der Waals surface area contributed by atoms with Crippen LogP contribution in [0.4, 0.5) is 0 Å². The molecular weight excluding hydrogens is 190 g/mol. The third-order valence-corrected chi connectivity index (χ3v) is 2.96. The van der Waals surface area contributed by atoms with Crippen LogP contribution in [-0.4, -0.2) is 40.4 Å². The Kier molecular flexibility index (Phi) is 3.50. The van der Waals surface area contributed by atoms with E-state index in [1.165, 1.54) is 32.4 Å². The number of aromatic nitrogens is 2. The largest absolute Gasteiger partial charge is 0.327 e. The van der Waals surface area contributed by atoms with Crippen LogP contribution in [0.1, 0.15) is 29.9 Å². The minimum Gasteiger partial charge on any atom is -0.327 e. The molecule has 82 valence electrons. The molecule has 1 saturated heterocycles. The average Bonchev–Trinajstić information content (AvgIpc) is 2.75. The van der Waals surface area contributed by atoms with Gasteiger partial charge in [0, 0.05) is 25.5 Å². The van der Waals surface area contributed by atoms with Crippen molar-refractivity contribution in [3.8, 4) is 0 Å². The SMILES string of the molecule is O=Cc1nccn1CCN1CCCCC1. The highest BCUT2D eigenvalue weighted by Gasteiger charge is 2.10. The second-order valence-corrected chi connectivity index (χ2v) is 4.00. The molecule has 1 aliphatic heterocycles. The molecule has 2 heterocycles. The molecule has 1 aliphatic rings. The van der Waals surface area contributed by atoms with E-state index in [9.17, 15) is 4.79 Å². The van der Waals surface area contributed by atoms with E-state index < -0.39 is 0 Å². The summed E-state index contributed by atoms with van der Waals surface area (Å²) in [6.07, 6.45) is 8.35. The fourth-order valence-corrected chi connectivity index (χ4v) is 2.06. The zero-order chi connectivity index (χ0) is 10.5. The summed E-state index contributed by atoms with van der Waals surface area (Å²) in [5, 5.41) is 0. The van der Waals surface area contributed by atoms with E-state index in [1.54, 1.807) is 6.20 Å². The van der Waals surface area contributed by atoms with Gasteiger partial charge in [0.1, 0.15) is 0 Å². The Morgan fingerprint density at radius 1 is 1.27 bits per heavy atom. The molecule has 0 radical (unpaired) electrons. The zero-order valence-corrected chi connectivity index (χ0v) is 8.93. The molecule has 1 fully saturated rings. The second kappa shape index (κ2) is 5.07. The van der Waals surface area contributed by atoms with Crippen LogP contribution in [0.3, 0.4) is 0 Å². The lowest BCUT2D eigenvalue weighted by Gasteiger charge is -2.26. The normalized spacial score (nSPS) is 17.9. The quantitative estimate of drug-likeness (QED) is 0.696. The van der Waals surface area contributed by atoms with Crippen molar-refractivity contribution in [3.05, 3.63) is 18.2 Å². The number of carbonyl (C=O) groups is 1. The maximum Gasteiger partial charge on any atom is 0.185 e. The van der Waals surface area contributed by atoms with E-state index in [-0.39, 0.29) is 0 Å². The van der Waals surface area contributed by atoms with E-state index >= 15 is 0 Å². The van der Waals surface area contributed by atoms with Gasteiger partial charge in [0.05, 0.1) is 0 Å². The van der Waals surface area contributed by atoms with Crippen molar-refractivity contribution >= 4 is 6.29 Å². The third kappa shape index (κ3) is 2.65. The molecule has 1 aromatic rings. The first-order chi connectivity index (χ1) is 7.40. The summed E-state index contributed by atoms with van der Waals surface area (Å²) in [5.74, 6) is 0.534. The van der Waals surface area contributed by atoms with E-state index in [1.807, 2.05) is 10.8 Å². The van der Waals surface area contributed by atoms with Crippen LogP contribution in [0, 0.1) is 0 Å². The Labute approximate surface area is 89.9 Å². The van der Waals surface area contributed by atoms with Gasteiger partial charge in [0.2, 0.25) is 0 Å². The molecule has 0 saturated carbocycles. The topological polar surface area (TPSA) is 38.1 Å². The van der Waals surface area contributed by atoms with Gasteiger partial charge in [-0.05, 0) is 25.9 Å². The number of aldehydes is 1. The molecule has 0 bridgehead atoms. The van der Waals surface area contributed by atoms with Gasteiger partial charge in [-0.15, -0.1) is 0 Å². The second-order valence-electron chi connectivity index (χ2n) is 4.00. The standard InChI is InChI=1S/C11H17N3O/c15-10-11-12-4-7-14(11)9-8-13-5-2-1-3-6-13/h4,7,10H,1-3,5-6,8-9H2. The van der Waals surface area contributed by atoms with E-state index in [0.29, 0.717) is 5.82 Å². The lowest BCUT2D eigenvalue weighted by Crippen LogP contribution is -2.32. The van der Waals surface area contributed by atoms with Crippen molar-refractivity contribution in [3.63, 3.8) is 0 Å². The first-order valence-corrected chi connectivity index (χ1v) is 5.59. The number of nitrogens with zero attached hydrogens (tertiary/aromatic N) is 3. The lowest BCUT2D eigenvalue weighted by molar-refractivity contribution is 0.111. The Balaban J connectivity index is 1.84. The Morgan fingerprint density at radius 2 is 2.07 bits per heavy atom. The van der Waals surface area contributed by atoms with Crippen molar-refractivity contribution < 1.29 is 4.79 Å². The van der Waals surface area contributed by atoms with Crippen LogP contribution >= 0.6 is 0 Å². The molecule has 0 aliphatic carbocycles. The molecular formula is C11H17N3O. The molecule has 0 atom stereocenters. The van der Waals surface area contributed by atoms with Crippen molar-refractivity contribution in [2.24, 2.45) is 0 Å². The van der Waals surface area contributed by atoms with Gasteiger partial charge in [-0.2, -0.15) is 0 Å². The summed E-state index contributed by atoms with van der Waals surface area (Å²) in [6, 6.07) is 0. The van der Waals surface area contributed by atoms with Crippen LogP contribution in [0.15, 0.2) is 12.4 Å². The van der Waals surface area contributed by atoms with Crippen molar-refractivity contribution in [1.29, 1.82) is 0 Å². The van der Waals surface area contributed by atoms with Gasteiger partial charge in [0.15, 0.2) is 12.1 Å². The maximum absolute atomic E-state index is 10.6. The number of rotatable bonds is 4. The minimum absolute atomic E-state index is 0.534. The van der Waals surface area contributed by atoms with Crippen LogP contribution < -0.4 is 0 Å². The average molecular weight is 207 g/mol. The molecule has 2 rings (SSSR count). The highest BCUT2D eigenvalue weighted by Crippen LogP contribution is 2.08. The number of hydrogen-bond donors (Lipinski definition) is 0. The van der Waals surface area contributed by atoms with Crippen molar-refractivity contribution in [1.82, 2.24) is 14.5 Å². The summed E-state index contributed by atoms with van der Waals surface area (Å²) in [5.41, 5.74) is 0. The molecule has 0 aromatic carbocycles. The van der Waals surface area contributed by atoms with Gasteiger partial charge >= 0.3 is 0 Å². The fraction of sp³-hybridized carbons (Fsp3) is 0.636. The highest BCUT2D eigenvalue weighted by molar-refractivity contribution is 5.69. The zero-order valence-electron chi connectivity index (χ0n) is 8.93. The third-order valence-electron chi connectivity index (χ3n) is 2.96. The molecule has 4 heteroatoms. The Morgan fingerprint density at radius 3 is 2.80 bits per heavy atom. The van der Waals surface area contributed by atoms with E-state index in [2.05, 4.69) is 9.88 Å². The monoisotopic (exact) mass is 207 g/mol. The van der Waals surface area contributed by atoms with Crippen molar-refractivity contribution in [2.75, 3.05) is 19.6 Å². The summed E-state index contributed by atoms with van der Waals surface area (Å²) in [6.45, 7) is 4.29. The molecule has 0 spiro atoms. The number of carbonyl (C=O) groups excluding carboxylic acids is 1. The molecule has 15 heavy (non-hydrogen) atoms. The summed E-state index contributed by atoms with van der Waals surface area (Å²) in [7, 11) is 0. The van der Waals surface area contributed by atoms with E-state index in [0.717, 1.165) is 19.4 Å². The molecule has 0 N–H and O–H groups in total. The number of imidazole rings is 1. The van der Waals surface area contributed by atoms with E-state index in [4.69, 9.17) is 0 Å². The number of piperidine rings is 1. The smallest absolute Gasteiger partial charge is 0.185 e. The van der Waals surface area contributed by atoms with Gasteiger partial charge < -0.3 is 9.47 Å². The fourth-order valence-electron chi connectivity index (χ4n) is 2.06. The molecule has 4 nitrogen and oxygen atoms in total. The van der Waals surface area contributed by atoms with Gasteiger partial charge in [0.25, 0.3) is 0 Å². The van der Waals surface area contributed by atoms with Gasteiger partial charge in [-0.3, -0.25) is 4.79 Å². The Hall–Kier alpha value is -1.16. The minimum atomic E-state index is 0.534.